The van der Waals surface area contributed by atoms with Crippen molar-refractivity contribution >= 4 is 46.0 Å². The number of para-hydroxylation sites is 1. The van der Waals surface area contributed by atoms with Gasteiger partial charge in [-0.15, -0.1) is 11.8 Å². The lowest BCUT2D eigenvalue weighted by molar-refractivity contribution is 0.0602. The molecule has 0 unspecified atom stereocenters. The van der Waals surface area contributed by atoms with Gasteiger partial charge in [0.05, 0.1) is 18.2 Å². The Morgan fingerprint density at radius 1 is 1.24 bits per heavy atom. The fraction of sp³-hybridized carbons (Fsp3) is 0.158. The first-order chi connectivity index (χ1) is 12.1. The largest absolute Gasteiger partial charge is 0.465 e. The van der Waals surface area contributed by atoms with Crippen molar-refractivity contribution in [2.75, 3.05) is 12.9 Å². The van der Waals surface area contributed by atoms with E-state index in [0.717, 1.165) is 27.1 Å². The number of aromatic amines is 1. The Bertz CT molecular complexity index is 935. The molecule has 4 nitrogen and oxygen atoms in total. The Morgan fingerprint density at radius 2 is 2.08 bits per heavy atom. The smallest absolute Gasteiger partial charge is 0.339 e. The zero-order valence-electron chi connectivity index (χ0n) is 13.5. The van der Waals surface area contributed by atoms with Crippen LogP contribution in [0, 0.1) is 0 Å². The molecule has 0 atom stereocenters. The molecule has 0 fully saturated rings. The maximum Gasteiger partial charge on any atom is 0.339 e. The summed E-state index contributed by atoms with van der Waals surface area (Å²) < 4.78 is 4.65. The minimum atomic E-state index is -0.312. The van der Waals surface area contributed by atoms with Gasteiger partial charge in [-0.05, 0) is 30.3 Å². The monoisotopic (exact) mass is 373 g/mol. The summed E-state index contributed by atoms with van der Waals surface area (Å²) in [7, 11) is 1.38. The molecule has 2 heterocycles. The molecule has 0 saturated heterocycles. The van der Waals surface area contributed by atoms with Gasteiger partial charge in [-0.3, -0.25) is 4.79 Å². The lowest BCUT2D eigenvalue weighted by atomic mass is 10.1. The molecule has 3 aromatic rings. The Labute approximate surface area is 154 Å². The minimum Gasteiger partial charge on any atom is -0.465 e. The highest BCUT2D eigenvalue weighted by Gasteiger charge is 2.17. The minimum absolute atomic E-state index is 0.214. The van der Waals surface area contributed by atoms with E-state index in [9.17, 15) is 9.59 Å². The molecule has 1 aliphatic heterocycles. The normalized spacial score (nSPS) is 13.0. The van der Waals surface area contributed by atoms with Gasteiger partial charge in [-0.2, -0.15) is 0 Å². The van der Waals surface area contributed by atoms with Crippen molar-refractivity contribution in [3.63, 3.8) is 0 Å². The first kappa shape index (κ1) is 17.6. The van der Waals surface area contributed by atoms with E-state index in [1.165, 1.54) is 7.11 Å². The van der Waals surface area contributed by atoms with Crippen LogP contribution in [0.1, 0.15) is 27.1 Å². The van der Waals surface area contributed by atoms with Crippen molar-refractivity contribution in [2.45, 2.75) is 11.3 Å². The average molecular weight is 374 g/mol. The number of carbonyl (C=O) groups is 2. The predicted molar refractivity (Wildman–Crippen MR) is 101 cm³/mol. The highest BCUT2D eigenvalue weighted by molar-refractivity contribution is 7.99. The summed E-state index contributed by atoms with van der Waals surface area (Å²) in [6.07, 6.45) is 2.44. The van der Waals surface area contributed by atoms with Crippen LogP contribution in [0.3, 0.4) is 0 Å². The molecule has 6 heteroatoms. The van der Waals surface area contributed by atoms with Gasteiger partial charge in [0, 0.05) is 39.2 Å². The van der Waals surface area contributed by atoms with Crippen molar-refractivity contribution in [2.24, 2.45) is 0 Å². The Kier molecular flexibility index (Phi) is 5.46. The fourth-order valence-electron chi connectivity index (χ4n) is 2.60. The summed E-state index contributed by atoms with van der Waals surface area (Å²) in [5.74, 6) is 0.798. The second-order valence-corrected chi connectivity index (χ2v) is 6.97. The van der Waals surface area contributed by atoms with Gasteiger partial charge < -0.3 is 9.72 Å². The number of methoxy groups -OCH3 is 1. The molecular weight excluding hydrogens is 358 g/mol. The number of halogens is 1. The van der Waals surface area contributed by atoms with Gasteiger partial charge in [0.1, 0.15) is 0 Å². The number of benzene rings is 2. The molecular formula is C19H16ClNO3S. The molecule has 1 aromatic heterocycles. The molecule has 0 radical (unpaired) electrons. The van der Waals surface area contributed by atoms with Crippen LogP contribution in [-0.2, 0) is 4.74 Å². The first-order valence-electron chi connectivity index (χ1n) is 7.70. The number of hydrogen-bond donors (Lipinski definition) is 1. The highest BCUT2D eigenvalue weighted by atomic mass is 35.5. The number of H-pyrrole nitrogens is 1. The van der Waals surface area contributed by atoms with E-state index in [4.69, 9.17) is 11.6 Å². The van der Waals surface area contributed by atoms with E-state index < -0.39 is 0 Å². The molecule has 0 spiro atoms. The zero-order valence-corrected chi connectivity index (χ0v) is 15.1. The molecule has 1 aliphatic rings. The van der Waals surface area contributed by atoms with E-state index in [-0.39, 0.29) is 11.8 Å². The van der Waals surface area contributed by atoms with Crippen LogP contribution >= 0.6 is 23.4 Å². The molecule has 4 rings (SSSR count). The summed E-state index contributed by atoms with van der Waals surface area (Å²) in [5, 5.41) is 1.66. The third-order valence-corrected chi connectivity index (χ3v) is 5.13. The summed E-state index contributed by atoms with van der Waals surface area (Å²) in [6, 6.07) is 12.9. The maximum atomic E-state index is 11.4. The van der Waals surface area contributed by atoms with Crippen molar-refractivity contribution in [3.05, 3.63) is 64.8 Å². The number of fused-ring (bicyclic) bond motifs is 2. The summed E-state index contributed by atoms with van der Waals surface area (Å²) >= 11 is 7.50. The maximum absolute atomic E-state index is 11.4. The van der Waals surface area contributed by atoms with E-state index in [1.807, 2.05) is 30.3 Å². The SMILES string of the molecule is COC(=O)c1cccc2cc[nH]c12.O=C1CCSc2ccc(Cl)cc21. The number of ketones is 1. The fourth-order valence-corrected chi connectivity index (χ4v) is 3.77. The lowest BCUT2D eigenvalue weighted by Gasteiger charge is -2.13. The Balaban J connectivity index is 0.000000146. The van der Waals surface area contributed by atoms with Crippen LogP contribution in [0.25, 0.3) is 10.9 Å². The van der Waals surface area contributed by atoms with Crippen LogP contribution in [0.4, 0.5) is 0 Å². The number of Topliss-reactive ketones (excluding diaryl/α,β-unsaturated/α-hetero) is 1. The van der Waals surface area contributed by atoms with Crippen LogP contribution in [0.5, 0.6) is 0 Å². The number of ether oxygens (including phenoxy) is 1. The van der Waals surface area contributed by atoms with Gasteiger partial charge in [-0.1, -0.05) is 23.7 Å². The molecule has 128 valence electrons. The van der Waals surface area contributed by atoms with Gasteiger partial charge in [-0.25, -0.2) is 4.79 Å². The number of esters is 1. The number of nitrogens with one attached hydrogen (secondary N) is 1. The lowest BCUT2D eigenvalue weighted by Crippen LogP contribution is -2.07. The third-order valence-electron chi connectivity index (χ3n) is 3.82. The summed E-state index contributed by atoms with van der Waals surface area (Å²) in [6.45, 7) is 0. The Hall–Kier alpha value is -2.24. The second-order valence-electron chi connectivity index (χ2n) is 5.40. The van der Waals surface area contributed by atoms with Gasteiger partial charge in [0.15, 0.2) is 5.78 Å². The van der Waals surface area contributed by atoms with E-state index in [1.54, 1.807) is 30.1 Å². The molecule has 25 heavy (non-hydrogen) atoms. The van der Waals surface area contributed by atoms with Crippen molar-refractivity contribution < 1.29 is 14.3 Å². The molecule has 0 aliphatic carbocycles. The first-order valence-corrected chi connectivity index (χ1v) is 9.06. The number of aromatic nitrogens is 1. The number of thioether (sulfide) groups is 1. The quantitative estimate of drug-likeness (QED) is 0.611. The van der Waals surface area contributed by atoms with Gasteiger partial charge in [0.2, 0.25) is 0 Å². The standard InChI is InChI=1S/C10H9NO2.C9H7ClOS/c1-13-10(12)8-4-2-3-7-5-6-11-9(7)8;10-6-1-2-9-7(5-6)8(11)3-4-12-9/h2-6,11H,1H3;1-2,5H,3-4H2. The van der Waals surface area contributed by atoms with Crippen LogP contribution in [-0.4, -0.2) is 29.6 Å². The van der Waals surface area contributed by atoms with Crippen molar-refractivity contribution in [1.82, 2.24) is 4.98 Å². The van der Waals surface area contributed by atoms with E-state index in [0.29, 0.717) is 17.0 Å². The number of hydrogen-bond acceptors (Lipinski definition) is 4. The van der Waals surface area contributed by atoms with Crippen molar-refractivity contribution in [3.8, 4) is 0 Å². The Morgan fingerprint density at radius 3 is 2.88 bits per heavy atom. The predicted octanol–water partition coefficient (Wildman–Crippen LogP) is 4.97. The topological polar surface area (TPSA) is 59.2 Å². The molecule has 0 bridgehead atoms. The summed E-state index contributed by atoms with van der Waals surface area (Å²) in [5.41, 5.74) is 2.19. The van der Waals surface area contributed by atoms with E-state index in [2.05, 4.69) is 9.72 Å². The zero-order chi connectivity index (χ0) is 17.8. The molecule has 0 amide bonds. The van der Waals surface area contributed by atoms with Crippen molar-refractivity contribution in [1.29, 1.82) is 0 Å². The van der Waals surface area contributed by atoms with Crippen LogP contribution in [0.15, 0.2) is 53.6 Å². The molecule has 2 aromatic carbocycles. The highest BCUT2D eigenvalue weighted by Crippen LogP contribution is 2.31. The molecule has 1 N–H and O–H groups in total. The average Bonchev–Trinajstić information content (AvgIpc) is 3.11. The van der Waals surface area contributed by atoms with E-state index >= 15 is 0 Å². The third kappa shape index (κ3) is 3.89. The number of rotatable bonds is 1. The van der Waals surface area contributed by atoms with Crippen LogP contribution in [0.2, 0.25) is 5.02 Å². The second kappa shape index (κ2) is 7.76. The summed E-state index contributed by atoms with van der Waals surface area (Å²) in [4.78, 5) is 26.7. The molecule has 0 saturated carbocycles. The number of carbonyl (C=O) groups excluding carboxylic acids is 2. The van der Waals surface area contributed by atoms with Gasteiger partial charge >= 0.3 is 5.97 Å². The van der Waals surface area contributed by atoms with Crippen LogP contribution < -0.4 is 0 Å². The van der Waals surface area contributed by atoms with Gasteiger partial charge in [0.25, 0.3) is 0 Å².